The Morgan fingerprint density at radius 3 is 1.78 bits per heavy atom. The molecule has 40 heteroatoms. The standard InChI is InChI=1S/C39H32ClN9O23S7/c1-18-8-27(30(71-2)17-26(18)46-48-28-16-25-19(11-32(28)77(62,63)64)9-24(75(56,57)58)15-31(25)76(59,60)61)47-49-35-33(78(65,66)67)12-20-10-23(74(53,54)55)14-29(34(20)36(35)50)42-39-44-37(40)43-38(45-39)41-21-4-3-5-22(13-21)73(51,52)7-6-72-79(68,69)70/h3-5,8-17,50H,6-7H2,1-2H3,(H,53,54,55)(H,56,57,58)(H,59,60,61)(H,62,63,64)(H,65,66,67)(H,68,69,70)(H2,41,42,43,44,45). The molecule has 0 radical (unpaired) electrons. The number of hydrogen-bond acceptors (Lipinski definition) is 24. The fraction of sp³-hybridized carbons (Fsp3) is 0.103. The van der Waals surface area contributed by atoms with E-state index in [2.05, 4.69) is 49.6 Å². The van der Waals surface area contributed by atoms with Crippen molar-refractivity contribution in [1.29, 1.82) is 0 Å². The molecule has 1 aromatic heterocycles. The van der Waals surface area contributed by atoms with Crippen molar-refractivity contribution in [3.63, 3.8) is 0 Å². The number of H-pyrrole nitrogens is 2. The van der Waals surface area contributed by atoms with Crippen molar-refractivity contribution in [2.45, 2.75) is 36.3 Å². The summed E-state index contributed by atoms with van der Waals surface area (Å²) < 4.78 is 240. The van der Waals surface area contributed by atoms with Gasteiger partial charge in [0.15, 0.2) is 15.6 Å². The smallest absolute Gasteiger partial charge is 0.397 e. The maximum atomic E-state index is 12.9. The number of aryl methyl sites for hydroxylation is 1. The van der Waals surface area contributed by atoms with Crippen LogP contribution in [-0.4, -0.2) is 126 Å². The first-order valence-electron chi connectivity index (χ1n) is 20.6. The van der Waals surface area contributed by atoms with Crippen LogP contribution in [0.1, 0.15) is 5.56 Å². The van der Waals surface area contributed by atoms with Gasteiger partial charge in [-0.3, -0.25) is 32.3 Å². The molecule has 9 N–H and O–H groups in total. The number of sulfone groups is 1. The Bertz CT molecular complexity index is 4800. The summed E-state index contributed by atoms with van der Waals surface area (Å²) >= 11 is 6.20. The number of hydrogen-bond donors (Lipinski definition) is 9. The molecule has 0 bridgehead atoms. The minimum absolute atomic E-state index is 0.0805. The molecular formula is C39H32ClN9O23S7. The normalized spacial score (nSPS) is 13.8. The van der Waals surface area contributed by atoms with Gasteiger partial charge in [-0.15, -0.1) is 15.3 Å². The third-order valence-electron chi connectivity index (χ3n) is 10.4. The largest absolute Gasteiger partial charge is 0.505 e. The van der Waals surface area contributed by atoms with E-state index in [1.807, 2.05) is 0 Å². The van der Waals surface area contributed by atoms with Gasteiger partial charge in [0.05, 0.1) is 56.6 Å². The lowest BCUT2D eigenvalue weighted by Gasteiger charge is -2.12. The first kappa shape index (κ1) is 59.6. The zero-order valence-corrected chi connectivity index (χ0v) is 45.4. The van der Waals surface area contributed by atoms with E-state index in [4.69, 9.17) is 20.9 Å². The molecule has 0 aliphatic heterocycles. The number of aromatic amines is 2. The average molecular weight is 1250 g/mol. The fourth-order valence-electron chi connectivity index (χ4n) is 7.01. The fourth-order valence-corrected chi connectivity index (χ4v) is 11.9. The lowest BCUT2D eigenvalue weighted by molar-refractivity contribution is 0.283. The molecule has 0 saturated heterocycles. The molecular weight excluding hydrogens is 1220 g/mol. The molecule has 0 unspecified atom stereocenters. The van der Waals surface area contributed by atoms with E-state index in [0.29, 0.717) is 42.5 Å². The maximum absolute atomic E-state index is 12.9. The number of nitrogens with zero attached hydrogens (tertiary/aromatic N) is 7. The lowest BCUT2D eigenvalue weighted by Crippen LogP contribution is -2.26. The van der Waals surface area contributed by atoms with Gasteiger partial charge in [0.2, 0.25) is 16.5 Å². The molecule has 6 aromatic carbocycles. The molecule has 32 nitrogen and oxygen atoms in total. The monoisotopic (exact) mass is 1250 g/mol. The van der Waals surface area contributed by atoms with Crippen LogP contribution in [0.3, 0.4) is 0 Å². The highest BCUT2D eigenvalue weighted by molar-refractivity contribution is 7.91. The minimum Gasteiger partial charge on any atom is -0.505 e. The van der Waals surface area contributed by atoms with E-state index in [1.165, 1.54) is 19.1 Å². The van der Waals surface area contributed by atoms with Crippen LogP contribution in [0.4, 0.5) is 34.1 Å². The SMILES string of the molecule is COc1cc(N=Nc2cc3c(S(=O)(=O)O)cc(S(=O)(=O)O)cc3cc2S(=O)(=O)O)c(C)cc1N=Nc1c(S(=O)(=O)O)cc2cc(S(=O)(=O)O)cc(N=c3[nH]c(Cl)nc(=Nc4cccc(S(=O)(=O)CCOS(=O)(=O)O)c4)[nH]3)c2c1O. The van der Waals surface area contributed by atoms with Gasteiger partial charge in [-0.25, -0.2) is 22.6 Å². The third-order valence-corrected chi connectivity index (χ3v) is 17.0. The number of benzene rings is 6. The molecule has 1 heterocycles. The average Bonchev–Trinajstić information content (AvgIpc) is 3.36. The zero-order chi connectivity index (χ0) is 58.6. The number of aromatic nitrogens is 3. The second kappa shape index (κ2) is 21.5. The summed E-state index contributed by atoms with van der Waals surface area (Å²) in [6.07, 6.45) is 0. The summed E-state index contributed by atoms with van der Waals surface area (Å²) in [6.45, 7) is 0.419. The van der Waals surface area contributed by atoms with Crippen LogP contribution >= 0.6 is 11.6 Å². The number of azo groups is 2. The van der Waals surface area contributed by atoms with Crippen molar-refractivity contribution in [1.82, 2.24) is 15.0 Å². The van der Waals surface area contributed by atoms with Crippen LogP contribution in [0.15, 0.2) is 139 Å². The molecule has 7 rings (SSSR count). The van der Waals surface area contributed by atoms with Gasteiger partial charge in [0, 0.05) is 11.5 Å². The second-order valence-corrected chi connectivity index (χ2v) is 26.3. The highest BCUT2D eigenvalue weighted by Crippen LogP contribution is 2.47. The van der Waals surface area contributed by atoms with E-state index in [0.717, 1.165) is 31.4 Å². The van der Waals surface area contributed by atoms with Crippen LogP contribution in [0.5, 0.6) is 11.5 Å². The number of phenols is 1. The predicted molar refractivity (Wildman–Crippen MR) is 269 cm³/mol. The molecule has 0 amide bonds. The van der Waals surface area contributed by atoms with Crippen molar-refractivity contribution in [2.75, 3.05) is 19.5 Å². The second-order valence-electron chi connectivity index (χ2n) is 15.8. The quantitative estimate of drug-likeness (QED) is 0.0435. The summed E-state index contributed by atoms with van der Waals surface area (Å²) in [6, 6.07) is 11.3. The van der Waals surface area contributed by atoms with E-state index >= 15 is 0 Å². The van der Waals surface area contributed by atoms with Gasteiger partial charge in [0.1, 0.15) is 37.5 Å². The number of rotatable bonds is 17. The highest BCUT2D eigenvalue weighted by Gasteiger charge is 2.28. The van der Waals surface area contributed by atoms with E-state index in [-0.39, 0.29) is 33.3 Å². The summed E-state index contributed by atoms with van der Waals surface area (Å²) in [5.41, 5.74) is -3.78. The number of nitrogens with one attached hydrogen (secondary N) is 2. The first-order chi connectivity index (χ1) is 36.3. The zero-order valence-electron chi connectivity index (χ0n) is 38.9. The number of methoxy groups -OCH3 is 1. The molecule has 420 valence electrons. The Morgan fingerprint density at radius 2 is 1.18 bits per heavy atom. The van der Waals surface area contributed by atoms with E-state index < -0.39 is 169 Å². The van der Waals surface area contributed by atoms with Gasteiger partial charge in [-0.2, -0.15) is 60.6 Å². The number of aromatic hydroxyl groups is 1. The molecule has 0 aliphatic rings. The van der Waals surface area contributed by atoms with Crippen molar-refractivity contribution < 1.29 is 100 Å². The summed E-state index contributed by atoms with van der Waals surface area (Å²) in [7, 11) is -34.4. The Labute approximate surface area is 449 Å². The molecule has 79 heavy (non-hydrogen) atoms. The van der Waals surface area contributed by atoms with E-state index in [1.54, 1.807) is 0 Å². The molecule has 0 spiro atoms. The Balaban J connectivity index is 1.34. The van der Waals surface area contributed by atoms with Crippen LogP contribution in [0.2, 0.25) is 5.28 Å². The summed E-state index contributed by atoms with van der Waals surface area (Å²) in [4.78, 5) is 11.6. The van der Waals surface area contributed by atoms with Gasteiger partial charge in [-0.1, -0.05) is 6.07 Å². The molecule has 0 atom stereocenters. The maximum Gasteiger partial charge on any atom is 0.397 e. The highest BCUT2D eigenvalue weighted by atomic mass is 35.5. The molecule has 7 aromatic rings. The number of phenolic OH excluding ortho intramolecular Hbond substituents is 1. The summed E-state index contributed by atoms with van der Waals surface area (Å²) in [5.74, 6) is -2.32. The summed E-state index contributed by atoms with van der Waals surface area (Å²) in [5, 5.41) is 24.8. The molecule has 0 saturated carbocycles. The van der Waals surface area contributed by atoms with Crippen molar-refractivity contribution in [3.05, 3.63) is 101 Å². The molecule has 0 aliphatic carbocycles. The van der Waals surface area contributed by atoms with Crippen LogP contribution in [0, 0.1) is 6.92 Å². The topological polar surface area (TPSA) is 518 Å². The number of halogens is 1. The van der Waals surface area contributed by atoms with Crippen LogP contribution in [-0.2, 0) is 75.0 Å². The minimum atomic E-state index is -5.44. The number of fused-ring (bicyclic) bond motifs is 2. The number of ether oxygens (including phenoxy) is 1. The Morgan fingerprint density at radius 1 is 0.582 bits per heavy atom. The Kier molecular flexibility index (Phi) is 16.2. The van der Waals surface area contributed by atoms with Crippen LogP contribution in [0.25, 0.3) is 21.5 Å². The van der Waals surface area contributed by atoms with Crippen molar-refractivity contribution in [2.24, 2.45) is 30.4 Å². The first-order valence-corrected chi connectivity index (χ1v) is 31.2. The van der Waals surface area contributed by atoms with Gasteiger partial charge in [0.25, 0.3) is 50.6 Å². The van der Waals surface area contributed by atoms with Gasteiger partial charge >= 0.3 is 10.4 Å². The van der Waals surface area contributed by atoms with Crippen molar-refractivity contribution in [3.8, 4) is 11.5 Å². The van der Waals surface area contributed by atoms with Crippen LogP contribution < -0.4 is 16.0 Å². The Hall–Kier alpha value is -7.09. The lowest BCUT2D eigenvalue weighted by atomic mass is 10.1. The van der Waals surface area contributed by atoms with Gasteiger partial charge < -0.3 is 14.8 Å². The van der Waals surface area contributed by atoms with E-state index in [9.17, 15) is 86.8 Å². The third kappa shape index (κ3) is 14.0. The van der Waals surface area contributed by atoms with Gasteiger partial charge in [-0.05, 0) is 102 Å². The molecule has 0 fully saturated rings. The predicted octanol–water partition coefficient (Wildman–Crippen LogP) is 4.84. The van der Waals surface area contributed by atoms with Crippen molar-refractivity contribution >= 4 is 138 Å².